The second-order valence-electron chi connectivity index (χ2n) is 5.54. The fourth-order valence-electron chi connectivity index (χ4n) is 2.58. The number of hydrogen-bond donors (Lipinski definition) is 2. The van der Waals surface area contributed by atoms with Gasteiger partial charge in [-0.3, -0.25) is 0 Å². The summed E-state index contributed by atoms with van der Waals surface area (Å²) in [5.74, 6) is 0.784. The van der Waals surface area contributed by atoms with E-state index in [2.05, 4.69) is 20.6 Å². The molecule has 0 aliphatic heterocycles. The molecule has 4 aromatic rings. The molecule has 4 nitrogen and oxygen atoms in total. The van der Waals surface area contributed by atoms with Gasteiger partial charge in [0.2, 0.25) is 5.95 Å². The number of hydrogen-bond acceptors (Lipinski definition) is 4. The van der Waals surface area contributed by atoms with Crippen molar-refractivity contribution in [2.75, 3.05) is 10.6 Å². The topological polar surface area (TPSA) is 49.8 Å². The first-order chi connectivity index (χ1) is 12.3. The Balaban J connectivity index is 1.75. The summed E-state index contributed by atoms with van der Waals surface area (Å²) in [6, 6.07) is 23.8. The zero-order chi connectivity index (χ0) is 17.1. The summed E-state index contributed by atoms with van der Waals surface area (Å²) in [6.45, 7) is 0. The predicted octanol–water partition coefficient (Wildman–Crippen LogP) is 5.26. The number of anilines is 4. The van der Waals surface area contributed by atoms with E-state index in [1.165, 1.54) is 12.1 Å². The molecule has 0 unspecified atom stereocenters. The molecule has 0 fully saturated rings. The van der Waals surface area contributed by atoms with Gasteiger partial charge in [-0.2, -0.15) is 4.98 Å². The standard InChI is InChI=1S/C20H15FN4/c21-14-7-6-10-16(13-14)23-20-24-18-12-5-4-11-17(18)19(25-20)22-15-8-2-1-3-9-15/h1-13H,(H2,22,23,24,25). The van der Waals surface area contributed by atoms with E-state index in [0.29, 0.717) is 17.5 Å². The molecule has 1 heterocycles. The fraction of sp³-hybridized carbons (Fsp3) is 0. The minimum atomic E-state index is -0.312. The Bertz CT molecular complexity index is 1020. The molecular formula is C20H15FN4. The summed E-state index contributed by atoms with van der Waals surface area (Å²) in [6.07, 6.45) is 0. The van der Waals surface area contributed by atoms with Gasteiger partial charge < -0.3 is 10.6 Å². The highest BCUT2D eigenvalue weighted by molar-refractivity contribution is 5.91. The van der Waals surface area contributed by atoms with Crippen molar-refractivity contribution in [1.82, 2.24) is 9.97 Å². The summed E-state index contributed by atoms with van der Waals surface area (Å²) >= 11 is 0. The van der Waals surface area contributed by atoms with E-state index in [9.17, 15) is 4.39 Å². The van der Waals surface area contributed by atoms with Crippen molar-refractivity contribution >= 4 is 34.0 Å². The van der Waals surface area contributed by atoms with E-state index in [1.807, 2.05) is 54.6 Å². The Morgan fingerprint density at radius 2 is 1.44 bits per heavy atom. The van der Waals surface area contributed by atoms with E-state index in [4.69, 9.17) is 0 Å². The number of benzene rings is 3. The number of halogens is 1. The summed E-state index contributed by atoms with van der Waals surface area (Å²) in [5, 5.41) is 7.29. The summed E-state index contributed by atoms with van der Waals surface area (Å²) in [5.41, 5.74) is 2.33. The number of nitrogens with zero attached hydrogens (tertiary/aromatic N) is 2. The second-order valence-corrected chi connectivity index (χ2v) is 5.54. The van der Waals surface area contributed by atoms with Crippen LogP contribution in [0.1, 0.15) is 0 Å². The molecule has 0 amide bonds. The van der Waals surface area contributed by atoms with Crippen LogP contribution in [-0.2, 0) is 0 Å². The SMILES string of the molecule is Fc1cccc(Nc2nc(Nc3ccccc3)c3ccccc3n2)c1. The number of nitrogens with one attached hydrogen (secondary N) is 2. The Morgan fingerprint density at radius 1 is 0.680 bits per heavy atom. The van der Waals surface area contributed by atoms with Crippen LogP contribution in [0.4, 0.5) is 27.5 Å². The number of fused-ring (bicyclic) bond motifs is 1. The van der Waals surface area contributed by atoms with Crippen molar-refractivity contribution in [2.24, 2.45) is 0 Å². The van der Waals surface area contributed by atoms with Crippen LogP contribution in [0.15, 0.2) is 78.9 Å². The molecular weight excluding hydrogens is 315 g/mol. The third-order valence-corrected chi connectivity index (χ3v) is 3.72. The van der Waals surface area contributed by atoms with Crippen LogP contribution in [-0.4, -0.2) is 9.97 Å². The first-order valence-electron chi connectivity index (χ1n) is 7.89. The lowest BCUT2D eigenvalue weighted by molar-refractivity contribution is 0.628. The minimum Gasteiger partial charge on any atom is -0.340 e. The zero-order valence-electron chi connectivity index (χ0n) is 13.3. The molecule has 3 aromatic carbocycles. The summed E-state index contributed by atoms with van der Waals surface area (Å²) < 4.78 is 13.4. The molecule has 5 heteroatoms. The second kappa shape index (κ2) is 6.57. The van der Waals surface area contributed by atoms with Crippen LogP contribution in [0.2, 0.25) is 0 Å². The molecule has 0 aliphatic rings. The first-order valence-corrected chi connectivity index (χ1v) is 7.89. The van der Waals surface area contributed by atoms with Crippen LogP contribution in [0.25, 0.3) is 10.9 Å². The van der Waals surface area contributed by atoms with Crippen LogP contribution in [0.5, 0.6) is 0 Å². The Hall–Kier alpha value is -3.47. The number of rotatable bonds is 4. The van der Waals surface area contributed by atoms with Gasteiger partial charge in [0.25, 0.3) is 0 Å². The molecule has 0 saturated heterocycles. The first kappa shape index (κ1) is 15.1. The van der Waals surface area contributed by atoms with Gasteiger partial charge in [0, 0.05) is 16.8 Å². The lowest BCUT2D eigenvalue weighted by Gasteiger charge is -2.12. The Labute approximate surface area is 144 Å². The van der Waals surface area contributed by atoms with Gasteiger partial charge in [0.1, 0.15) is 11.6 Å². The van der Waals surface area contributed by atoms with Gasteiger partial charge in [0.15, 0.2) is 0 Å². The van der Waals surface area contributed by atoms with Crippen LogP contribution in [0, 0.1) is 5.82 Å². The normalized spacial score (nSPS) is 10.6. The van der Waals surface area contributed by atoms with Crippen molar-refractivity contribution in [1.29, 1.82) is 0 Å². The number of para-hydroxylation sites is 2. The minimum absolute atomic E-state index is 0.312. The maximum atomic E-state index is 13.4. The largest absolute Gasteiger partial charge is 0.340 e. The van der Waals surface area contributed by atoms with Crippen LogP contribution < -0.4 is 10.6 Å². The average Bonchev–Trinajstić information content (AvgIpc) is 2.63. The molecule has 0 bridgehead atoms. The maximum absolute atomic E-state index is 13.4. The van der Waals surface area contributed by atoms with Gasteiger partial charge in [-0.25, -0.2) is 9.37 Å². The average molecular weight is 330 g/mol. The third-order valence-electron chi connectivity index (χ3n) is 3.72. The molecule has 0 atom stereocenters. The van der Waals surface area contributed by atoms with Crippen molar-refractivity contribution in [3.05, 3.63) is 84.7 Å². The van der Waals surface area contributed by atoms with Crippen LogP contribution in [0.3, 0.4) is 0 Å². The van der Waals surface area contributed by atoms with E-state index in [0.717, 1.165) is 16.6 Å². The van der Waals surface area contributed by atoms with E-state index < -0.39 is 0 Å². The molecule has 25 heavy (non-hydrogen) atoms. The summed E-state index contributed by atoms with van der Waals surface area (Å²) in [4.78, 5) is 9.08. The zero-order valence-corrected chi connectivity index (χ0v) is 13.3. The van der Waals surface area contributed by atoms with Crippen molar-refractivity contribution in [3.63, 3.8) is 0 Å². The van der Waals surface area contributed by atoms with Gasteiger partial charge in [-0.05, 0) is 42.5 Å². The highest BCUT2D eigenvalue weighted by atomic mass is 19.1. The molecule has 0 aliphatic carbocycles. The molecule has 1 aromatic heterocycles. The van der Waals surface area contributed by atoms with E-state index in [-0.39, 0.29) is 5.82 Å². The quantitative estimate of drug-likeness (QED) is 0.536. The molecule has 0 saturated carbocycles. The Kier molecular flexibility index (Phi) is 3.96. The van der Waals surface area contributed by atoms with Gasteiger partial charge in [0.05, 0.1) is 5.52 Å². The summed E-state index contributed by atoms with van der Waals surface area (Å²) in [7, 11) is 0. The predicted molar refractivity (Wildman–Crippen MR) is 98.9 cm³/mol. The van der Waals surface area contributed by atoms with E-state index in [1.54, 1.807) is 12.1 Å². The molecule has 2 N–H and O–H groups in total. The van der Waals surface area contributed by atoms with Crippen molar-refractivity contribution in [2.45, 2.75) is 0 Å². The van der Waals surface area contributed by atoms with Gasteiger partial charge in [-0.1, -0.05) is 36.4 Å². The fourth-order valence-corrected chi connectivity index (χ4v) is 2.58. The van der Waals surface area contributed by atoms with Crippen molar-refractivity contribution in [3.8, 4) is 0 Å². The molecule has 0 spiro atoms. The maximum Gasteiger partial charge on any atom is 0.229 e. The van der Waals surface area contributed by atoms with Crippen LogP contribution >= 0.6 is 0 Å². The highest BCUT2D eigenvalue weighted by Gasteiger charge is 2.08. The smallest absolute Gasteiger partial charge is 0.229 e. The van der Waals surface area contributed by atoms with Crippen molar-refractivity contribution < 1.29 is 4.39 Å². The number of aromatic nitrogens is 2. The third kappa shape index (κ3) is 3.40. The Morgan fingerprint density at radius 3 is 2.28 bits per heavy atom. The highest BCUT2D eigenvalue weighted by Crippen LogP contribution is 2.26. The van der Waals surface area contributed by atoms with Gasteiger partial charge in [-0.15, -0.1) is 0 Å². The molecule has 0 radical (unpaired) electrons. The molecule has 4 rings (SSSR count). The lowest BCUT2D eigenvalue weighted by atomic mass is 10.2. The monoisotopic (exact) mass is 330 g/mol. The molecule has 122 valence electrons. The van der Waals surface area contributed by atoms with E-state index >= 15 is 0 Å². The lowest BCUT2D eigenvalue weighted by Crippen LogP contribution is -2.02. The van der Waals surface area contributed by atoms with Gasteiger partial charge >= 0.3 is 0 Å².